The molecular weight excluding hydrogens is 470 g/mol. The standard InChI is InChI=1S/C20H20BrN5O5/c1-12-19(21)16(10-30-2)15(7-22)20(29)26(12)9-18(28)25-24-8-13-3-5-14(6-4-13)31-11-17(23)27/h3-6,8H,9-11H2,1-2H3,(H2,23,27)(H,25,28)/b24-8-. The van der Waals surface area contributed by atoms with Crippen molar-refractivity contribution < 1.29 is 19.1 Å². The topological polar surface area (TPSA) is 149 Å². The van der Waals surface area contributed by atoms with Crippen LogP contribution in [0.2, 0.25) is 0 Å². The molecule has 31 heavy (non-hydrogen) atoms. The lowest BCUT2D eigenvalue weighted by Gasteiger charge is -2.15. The summed E-state index contributed by atoms with van der Waals surface area (Å²) in [6.07, 6.45) is 1.41. The first-order valence-electron chi connectivity index (χ1n) is 8.92. The Morgan fingerprint density at radius 3 is 2.61 bits per heavy atom. The number of rotatable bonds is 9. The van der Waals surface area contributed by atoms with Crippen LogP contribution < -0.4 is 21.5 Å². The summed E-state index contributed by atoms with van der Waals surface area (Å²) < 4.78 is 11.9. The van der Waals surface area contributed by atoms with Crippen LogP contribution in [-0.2, 0) is 27.5 Å². The summed E-state index contributed by atoms with van der Waals surface area (Å²) >= 11 is 3.37. The van der Waals surface area contributed by atoms with E-state index in [-0.39, 0.29) is 25.3 Å². The van der Waals surface area contributed by atoms with Crippen molar-refractivity contribution in [3.8, 4) is 11.8 Å². The van der Waals surface area contributed by atoms with Crippen molar-refractivity contribution in [2.45, 2.75) is 20.1 Å². The van der Waals surface area contributed by atoms with Crippen molar-refractivity contribution in [1.82, 2.24) is 9.99 Å². The number of primary amides is 1. The Balaban J connectivity index is 2.08. The molecule has 11 heteroatoms. The van der Waals surface area contributed by atoms with E-state index < -0.39 is 17.4 Å². The Morgan fingerprint density at radius 1 is 1.35 bits per heavy atom. The minimum atomic E-state index is -0.582. The number of nitrogens with two attached hydrogens (primary N) is 1. The lowest BCUT2D eigenvalue weighted by atomic mass is 10.1. The van der Waals surface area contributed by atoms with Crippen molar-refractivity contribution >= 4 is 34.0 Å². The number of amides is 2. The number of halogens is 1. The van der Waals surface area contributed by atoms with Gasteiger partial charge in [-0.2, -0.15) is 10.4 Å². The number of ether oxygens (including phenoxy) is 2. The van der Waals surface area contributed by atoms with E-state index in [9.17, 15) is 19.6 Å². The second-order valence-electron chi connectivity index (χ2n) is 6.31. The van der Waals surface area contributed by atoms with Crippen LogP contribution in [0, 0.1) is 18.3 Å². The fraction of sp³-hybridized carbons (Fsp3) is 0.250. The first kappa shape index (κ1) is 23.8. The number of aromatic nitrogens is 1. The quantitative estimate of drug-likeness (QED) is 0.395. The Hall–Kier alpha value is -3.49. The van der Waals surface area contributed by atoms with Crippen LogP contribution in [-0.4, -0.2) is 36.3 Å². The number of hydrazone groups is 1. The van der Waals surface area contributed by atoms with Crippen LogP contribution in [0.25, 0.3) is 0 Å². The number of nitrogens with one attached hydrogen (secondary N) is 1. The number of benzene rings is 1. The van der Waals surface area contributed by atoms with Crippen LogP contribution in [0.3, 0.4) is 0 Å². The van der Waals surface area contributed by atoms with Crippen molar-refractivity contribution in [1.29, 1.82) is 5.26 Å². The van der Waals surface area contributed by atoms with E-state index in [4.69, 9.17) is 15.2 Å². The lowest BCUT2D eigenvalue weighted by Crippen LogP contribution is -2.33. The third kappa shape index (κ3) is 6.24. The van der Waals surface area contributed by atoms with Gasteiger partial charge in [0.05, 0.1) is 12.8 Å². The molecule has 3 N–H and O–H groups in total. The molecule has 0 bridgehead atoms. The Bertz CT molecular complexity index is 1100. The third-order valence-electron chi connectivity index (χ3n) is 4.11. The largest absolute Gasteiger partial charge is 0.484 e. The van der Waals surface area contributed by atoms with Crippen molar-refractivity contribution in [3.05, 3.63) is 61.5 Å². The van der Waals surface area contributed by atoms with E-state index in [1.54, 1.807) is 31.2 Å². The van der Waals surface area contributed by atoms with Crippen LogP contribution in [0.1, 0.15) is 22.4 Å². The van der Waals surface area contributed by atoms with Gasteiger partial charge in [-0.05, 0) is 52.7 Å². The highest BCUT2D eigenvalue weighted by Crippen LogP contribution is 2.23. The van der Waals surface area contributed by atoms with Gasteiger partial charge in [-0.25, -0.2) is 5.43 Å². The molecule has 0 unspecified atom stereocenters. The Labute approximate surface area is 186 Å². The molecule has 0 radical (unpaired) electrons. The maximum atomic E-state index is 12.6. The molecule has 0 spiro atoms. The molecule has 1 heterocycles. The number of methoxy groups -OCH3 is 1. The Kier molecular flexibility index (Phi) is 8.48. The minimum Gasteiger partial charge on any atom is -0.484 e. The summed E-state index contributed by atoms with van der Waals surface area (Å²) in [7, 11) is 1.46. The first-order valence-corrected chi connectivity index (χ1v) is 9.71. The summed E-state index contributed by atoms with van der Waals surface area (Å²) in [5.74, 6) is -0.659. The van der Waals surface area contributed by atoms with Crippen LogP contribution in [0.4, 0.5) is 0 Å². The molecule has 0 aliphatic rings. The maximum Gasteiger partial charge on any atom is 0.269 e. The van der Waals surface area contributed by atoms with Gasteiger partial charge < -0.3 is 19.8 Å². The molecule has 0 saturated carbocycles. The molecule has 0 atom stereocenters. The molecule has 2 aromatic rings. The van der Waals surface area contributed by atoms with Gasteiger partial charge in [-0.1, -0.05) is 0 Å². The normalized spacial score (nSPS) is 10.6. The first-order chi connectivity index (χ1) is 14.8. The van der Waals surface area contributed by atoms with Crippen molar-refractivity contribution in [2.24, 2.45) is 10.8 Å². The van der Waals surface area contributed by atoms with Gasteiger partial charge in [0.1, 0.15) is 23.9 Å². The van der Waals surface area contributed by atoms with Gasteiger partial charge in [0.25, 0.3) is 17.4 Å². The second kappa shape index (κ2) is 11.1. The predicted molar refractivity (Wildman–Crippen MR) is 115 cm³/mol. The molecule has 1 aromatic carbocycles. The third-order valence-corrected chi connectivity index (χ3v) is 5.17. The molecule has 0 fully saturated rings. The summed E-state index contributed by atoms with van der Waals surface area (Å²) in [6.45, 7) is 1.20. The van der Waals surface area contributed by atoms with Crippen molar-refractivity contribution in [2.75, 3.05) is 13.7 Å². The summed E-state index contributed by atoms with van der Waals surface area (Å²) in [5.41, 5.74) is 8.27. The zero-order valence-corrected chi connectivity index (χ0v) is 18.4. The molecule has 0 aliphatic carbocycles. The fourth-order valence-electron chi connectivity index (χ4n) is 2.61. The van der Waals surface area contributed by atoms with E-state index in [0.717, 1.165) is 0 Å². The smallest absolute Gasteiger partial charge is 0.269 e. The number of hydrogen-bond donors (Lipinski definition) is 2. The van der Waals surface area contributed by atoms with E-state index in [0.29, 0.717) is 27.0 Å². The van der Waals surface area contributed by atoms with Gasteiger partial charge in [-0.15, -0.1) is 0 Å². The SMILES string of the molecule is COCc1c(Br)c(C)n(CC(=O)N/N=C\c2ccc(OCC(N)=O)cc2)c(=O)c1C#N. The maximum absolute atomic E-state index is 12.6. The minimum absolute atomic E-state index is 0.0866. The van der Waals surface area contributed by atoms with Gasteiger partial charge >= 0.3 is 0 Å². The fourth-order valence-corrected chi connectivity index (χ4v) is 3.14. The number of nitriles is 1. The van der Waals surface area contributed by atoms with Crippen LogP contribution >= 0.6 is 15.9 Å². The molecule has 1 aromatic heterocycles. The summed E-state index contributed by atoms with van der Waals surface area (Å²) in [4.78, 5) is 35.6. The highest BCUT2D eigenvalue weighted by atomic mass is 79.9. The van der Waals surface area contributed by atoms with Gasteiger partial charge in [0.2, 0.25) is 0 Å². The highest BCUT2D eigenvalue weighted by Gasteiger charge is 2.19. The second-order valence-corrected chi connectivity index (χ2v) is 7.10. The zero-order chi connectivity index (χ0) is 23.0. The predicted octanol–water partition coefficient (Wildman–Crippen LogP) is 0.952. The average molecular weight is 490 g/mol. The number of carbonyl (C=O) groups is 2. The summed E-state index contributed by atoms with van der Waals surface area (Å²) in [6, 6.07) is 8.46. The number of carbonyl (C=O) groups excluding carboxylic acids is 2. The molecule has 2 rings (SSSR count). The Morgan fingerprint density at radius 2 is 2.03 bits per heavy atom. The number of hydrogen-bond acceptors (Lipinski definition) is 7. The zero-order valence-electron chi connectivity index (χ0n) is 16.8. The van der Waals surface area contributed by atoms with Gasteiger partial charge in [0.15, 0.2) is 6.61 Å². The molecule has 0 aliphatic heterocycles. The van der Waals surface area contributed by atoms with Crippen LogP contribution in [0.15, 0.2) is 38.6 Å². The van der Waals surface area contributed by atoms with E-state index in [2.05, 4.69) is 26.5 Å². The highest BCUT2D eigenvalue weighted by molar-refractivity contribution is 9.10. The molecule has 162 valence electrons. The molecule has 0 saturated heterocycles. The molecular formula is C20H20BrN5O5. The average Bonchev–Trinajstić information content (AvgIpc) is 2.74. The van der Waals surface area contributed by atoms with Crippen LogP contribution in [0.5, 0.6) is 5.75 Å². The summed E-state index contributed by atoms with van der Waals surface area (Å²) in [5, 5.41) is 13.2. The van der Waals surface area contributed by atoms with E-state index >= 15 is 0 Å². The number of nitrogens with zero attached hydrogens (tertiary/aromatic N) is 3. The molecule has 2 amide bonds. The molecule has 10 nitrogen and oxygen atoms in total. The van der Waals surface area contributed by atoms with E-state index in [1.165, 1.54) is 17.9 Å². The van der Waals surface area contributed by atoms with E-state index in [1.807, 2.05) is 6.07 Å². The van der Waals surface area contributed by atoms with Gasteiger partial charge in [0, 0.05) is 22.8 Å². The van der Waals surface area contributed by atoms with Gasteiger partial charge in [-0.3, -0.25) is 14.4 Å². The number of pyridine rings is 1. The van der Waals surface area contributed by atoms with Crippen molar-refractivity contribution in [3.63, 3.8) is 0 Å². The lowest BCUT2D eigenvalue weighted by molar-refractivity contribution is -0.122. The monoisotopic (exact) mass is 489 g/mol.